The van der Waals surface area contributed by atoms with Gasteiger partial charge in [0.2, 0.25) is 5.91 Å². The maximum absolute atomic E-state index is 13.6. The molecule has 3 N–H and O–H groups in total. The Morgan fingerprint density at radius 1 is 1.25 bits per heavy atom. The number of rotatable bonds is 5. The Hall–Kier alpha value is -2.18. The van der Waals surface area contributed by atoms with E-state index in [-0.39, 0.29) is 18.1 Å². The Labute approximate surface area is 115 Å². The molecule has 0 heterocycles. The Bertz CT molecular complexity index is 517. The molecule has 0 unspecified atom stereocenters. The minimum atomic E-state index is -1.13. The molecule has 0 aliphatic heterocycles. The smallest absolute Gasteiger partial charge is 0.257 e. The average Bonchev–Trinajstić information content (AvgIpc) is 2.42. The summed E-state index contributed by atoms with van der Waals surface area (Å²) in [6.45, 7) is 4.24. The van der Waals surface area contributed by atoms with Gasteiger partial charge in [0, 0.05) is 13.1 Å². The third-order valence-corrected chi connectivity index (χ3v) is 2.86. The van der Waals surface area contributed by atoms with Crippen molar-refractivity contribution < 1.29 is 18.4 Å². The zero-order valence-electron chi connectivity index (χ0n) is 11.4. The highest BCUT2D eigenvalue weighted by molar-refractivity contribution is 5.97. The summed E-state index contributed by atoms with van der Waals surface area (Å²) >= 11 is 0. The van der Waals surface area contributed by atoms with E-state index in [4.69, 9.17) is 5.73 Å². The number of hydrogen-bond acceptors (Lipinski definition) is 3. The number of anilines is 1. The Kier molecular flexibility index (Phi) is 5.42. The fraction of sp³-hybridized carbons (Fsp3) is 0.385. The first kappa shape index (κ1) is 15.9. The van der Waals surface area contributed by atoms with E-state index < -0.39 is 23.1 Å². The van der Waals surface area contributed by atoms with Gasteiger partial charge < -0.3 is 16.0 Å². The van der Waals surface area contributed by atoms with E-state index >= 15 is 0 Å². The van der Waals surface area contributed by atoms with Crippen LogP contribution in [0.15, 0.2) is 12.1 Å². The number of amides is 2. The van der Waals surface area contributed by atoms with Crippen LogP contribution in [0.4, 0.5) is 14.5 Å². The van der Waals surface area contributed by atoms with E-state index in [1.165, 1.54) is 4.90 Å². The Morgan fingerprint density at radius 3 is 2.40 bits per heavy atom. The summed E-state index contributed by atoms with van der Waals surface area (Å²) in [6, 6.07) is 1.93. The van der Waals surface area contributed by atoms with Crippen molar-refractivity contribution in [2.75, 3.05) is 25.4 Å². The van der Waals surface area contributed by atoms with Crippen LogP contribution in [0, 0.1) is 11.6 Å². The predicted molar refractivity (Wildman–Crippen MR) is 71.0 cm³/mol. The summed E-state index contributed by atoms with van der Waals surface area (Å²) in [6.07, 6.45) is 0. The van der Waals surface area contributed by atoms with Gasteiger partial charge in [0.1, 0.15) is 11.4 Å². The van der Waals surface area contributed by atoms with Crippen LogP contribution in [0.1, 0.15) is 24.2 Å². The molecule has 0 saturated carbocycles. The Balaban J connectivity index is 2.78. The molecule has 0 bridgehead atoms. The van der Waals surface area contributed by atoms with Gasteiger partial charge in [0.15, 0.2) is 5.82 Å². The van der Waals surface area contributed by atoms with Crippen molar-refractivity contribution in [2.45, 2.75) is 13.8 Å². The number of nitrogens with one attached hydrogen (secondary N) is 1. The lowest BCUT2D eigenvalue weighted by Gasteiger charge is -2.18. The van der Waals surface area contributed by atoms with Crippen molar-refractivity contribution in [1.29, 1.82) is 0 Å². The van der Waals surface area contributed by atoms with Gasteiger partial charge in [-0.3, -0.25) is 9.59 Å². The summed E-state index contributed by atoms with van der Waals surface area (Å²) in [5, 5.41) is 2.19. The molecule has 1 aromatic carbocycles. The molecule has 0 saturated heterocycles. The number of nitrogen functional groups attached to an aromatic ring is 1. The van der Waals surface area contributed by atoms with E-state index in [9.17, 15) is 18.4 Å². The predicted octanol–water partition coefficient (Wildman–Crippen LogP) is 1.15. The second-order valence-electron chi connectivity index (χ2n) is 4.07. The summed E-state index contributed by atoms with van der Waals surface area (Å²) in [5.74, 6) is -3.48. The van der Waals surface area contributed by atoms with Crippen LogP contribution in [0.25, 0.3) is 0 Å². The van der Waals surface area contributed by atoms with Crippen molar-refractivity contribution in [3.05, 3.63) is 29.3 Å². The first-order valence-corrected chi connectivity index (χ1v) is 6.21. The highest BCUT2D eigenvalue weighted by atomic mass is 19.1. The van der Waals surface area contributed by atoms with Crippen LogP contribution in [0.2, 0.25) is 0 Å². The number of nitrogens with two attached hydrogens (primary N) is 1. The van der Waals surface area contributed by atoms with E-state index in [0.717, 1.165) is 12.1 Å². The summed E-state index contributed by atoms with van der Waals surface area (Å²) in [7, 11) is 0. The zero-order valence-corrected chi connectivity index (χ0v) is 11.4. The molecule has 0 aliphatic carbocycles. The fourth-order valence-corrected chi connectivity index (χ4v) is 1.71. The molecule has 2 amide bonds. The van der Waals surface area contributed by atoms with Crippen LogP contribution in [0.3, 0.4) is 0 Å². The van der Waals surface area contributed by atoms with Crippen LogP contribution in [0.5, 0.6) is 0 Å². The average molecular weight is 285 g/mol. The minimum Gasteiger partial charge on any atom is -0.396 e. The fourth-order valence-electron chi connectivity index (χ4n) is 1.71. The molecule has 110 valence electrons. The molecule has 0 spiro atoms. The lowest BCUT2D eigenvalue weighted by molar-refractivity contribution is -0.129. The van der Waals surface area contributed by atoms with Gasteiger partial charge in [-0.05, 0) is 26.0 Å². The van der Waals surface area contributed by atoms with Crippen LogP contribution in [-0.4, -0.2) is 36.3 Å². The minimum absolute atomic E-state index is 0.325. The van der Waals surface area contributed by atoms with E-state index in [0.29, 0.717) is 13.1 Å². The van der Waals surface area contributed by atoms with Gasteiger partial charge in [-0.2, -0.15) is 0 Å². The van der Waals surface area contributed by atoms with Gasteiger partial charge in [-0.25, -0.2) is 8.78 Å². The number of carbonyl (C=O) groups excluding carboxylic acids is 2. The molecule has 1 aromatic rings. The maximum Gasteiger partial charge on any atom is 0.257 e. The summed E-state index contributed by atoms with van der Waals surface area (Å²) in [4.78, 5) is 24.9. The standard InChI is InChI=1S/C13H17F2N3O2/c1-3-18(4-2)10(19)7-17-13(20)11-8(14)5-6-9(16)12(11)15/h5-6H,3-4,7,16H2,1-2H3,(H,17,20). The number of hydrogen-bond donors (Lipinski definition) is 2. The van der Waals surface area contributed by atoms with Gasteiger partial charge in [-0.15, -0.1) is 0 Å². The topological polar surface area (TPSA) is 75.4 Å². The van der Waals surface area contributed by atoms with Crippen molar-refractivity contribution in [2.24, 2.45) is 0 Å². The molecule has 0 aromatic heterocycles. The van der Waals surface area contributed by atoms with Gasteiger partial charge in [0.25, 0.3) is 5.91 Å². The molecule has 0 aliphatic rings. The SMILES string of the molecule is CCN(CC)C(=O)CNC(=O)c1c(F)ccc(N)c1F. The maximum atomic E-state index is 13.6. The van der Waals surface area contributed by atoms with Crippen LogP contribution < -0.4 is 11.1 Å². The highest BCUT2D eigenvalue weighted by Crippen LogP contribution is 2.18. The largest absolute Gasteiger partial charge is 0.396 e. The van der Waals surface area contributed by atoms with E-state index in [1.807, 2.05) is 0 Å². The lowest BCUT2D eigenvalue weighted by atomic mass is 10.1. The second-order valence-corrected chi connectivity index (χ2v) is 4.07. The summed E-state index contributed by atoms with van der Waals surface area (Å²) < 4.78 is 27.1. The molecular formula is C13H17F2N3O2. The number of halogens is 2. The Morgan fingerprint density at radius 2 is 1.85 bits per heavy atom. The highest BCUT2D eigenvalue weighted by Gasteiger charge is 2.20. The molecule has 0 radical (unpaired) electrons. The van der Waals surface area contributed by atoms with Gasteiger partial charge >= 0.3 is 0 Å². The van der Waals surface area contributed by atoms with Crippen LogP contribution in [-0.2, 0) is 4.79 Å². The van der Waals surface area contributed by atoms with Crippen LogP contribution >= 0.6 is 0 Å². The van der Waals surface area contributed by atoms with Crippen molar-refractivity contribution >= 4 is 17.5 Å². The molecule has 0 atom stereocenters. The first-order chi connectivity index (χ1) is 9.42. The number of likely N-dealkylation sites (N-methyl/N-ethyl adjacent to an activating group) is 1. The lowest BCUT2D eigenvalue weighted by Crippen LogP contribution is -2.40. The molecule has 5 nitrogen and oxygen atoms in total. The van der Waals surface area contributed by atoms with Crippen molar-refractivity contribution in [3.8, 4) is 0 Å². The zero-order chi connectivity index (χ0) is 15.3. The number of carbonyl (C=O) groups is 2. The van der Waals surface area contributed by atoms with E-state index in [2.05, 4.69) is 5.32 Å². The molecule has 0 fully saturated rings. The van der Waals surface area contributed by atoms with E-state index in [1.54, 1.807) is 13.8 Å². The van der Waals surface area contributed by atoms with Crippen molar-refractivity contribution in [1.82, 2.24) is 10.2 Å². The normalized spacial score (nSPS) is 10.2. The monoisotopic (exact) mass is 285 g/mol. The first-order valence-electron chi connectivity index (χ1n) is 6.21. The number of nitrogens with zero attached hydrogens (tertiary/aromatic N) is 1. The summed E-state index contributed by atoms with van der Waals surface area (Å²) in [5.41, 5.74) is 4.17. The second kappa shape index (κ2) is 6.83. The number of benzene rings is 1. The van der Waals surface area contributed by atoms with Gasteiger partial charge in [0.05, 0.1) is 12.2 Å². The van der Waals surface area contributed by atoms with Crippen molar-refractivity contribution in [3.63, 3.8) is 0 Å². The van der Waals surface area contributed by atoms with Gasteiger partial charge in [-0.1, -0.05) is 0 Å². The third kappa shape index (κ3) is 3.43. The third-order valence-electron chi connectivity index (χ3n) is 2.86. The molecule has 20 heavy (non-hydrogen) atoms. The molecule has 7 heteroatoms. The molecular weight excluding hydrogens is 268 g/mol. The quantitative estimate of drug-likeness (QED) is 0.797. The molecule has 1 rings (SSSR count).